The number of halogens is 5. The number of nitrogens with zero attached hydrogens (tertiary/aromatic N) is 3. The number of benzene rings is 2. The van der Waals surface area contributed by atoms with Crippen LogP contribution in [0.2, 0.25) is 0 Å². The summed E-state index contributed by atoms with van der Waals surface area (Å²) in [5.74, 6) is -1.87. The fourth-order valence-electron chi connectivity index (χ4n) is 3.15. The SMILES string of the molecule is Cn1ncc2c(-c3ccc(NC(=O)Nc4cc(C(F)(F)F)ccc4F)c(F)c3)cncc21. The van der Waals surface area contributed by atoms with Gasteiger partial charge in [0.15, 0.2) is 0 Å². The molecule has 0 bridgehead atoms. The van der Waals surface area contributed by atoms with E-state index in [1.165, 1.54) is 18.2 Å². The first-order chi connectivity index (χ1) is 15.1. The van der Waals surface area contributed by atoms with E-state index < -0.39 is 35.1 Å². The minimum atomic E-state index is -4.71. The van der Waals surface area contributed by atoms with E-state index in [2.05, 4.69) is 15.4 Å². The number of fused-ring (bicyclic) bond motifs is 1. The Balaban J connectivity index is 1.55. The van der Waals surface area contributed by atoms with Gasteiger partial charge in [0, 0.05) is 24.2 Å². The maximum Gasteiger partial charge on any atom is 0.416 e. The van der Waals surface area contributed by atoms with E-state index in [1.54, 1.807) is 30.3 Å². The van der Waals surface area contributed by atoms with Gasteiger partial charge in [0.05, 0.1) is 34.8 Å². The molecular formula is C21H14F5N5O. The van der Waals surface area contributed by atoms with Crippen LogP contribution in [0.3, 0.4) is 0 Å². The fraction of sp³-hybridized carbons (Fsp3) is 0.0952. The first kappa shape index (κ1) is 21.2. The maximum absolute atomic E-state index is 14.6. The minimum absolute atomic E-state index is 0.245. The van der Waals surface area contributed by atoms with Crippen LogP contribution in [0.15, 0.2) is 55.0 Å². The van der Waals surface area contributed by atoms with Crippen molar-refractivity contribution in [2.75, 3.05) is 10.6 Å². The minimum Gasteiger partial charge on any atom is -0.305 e. The summed E-state index contributed by atoms with van der Waals surface area (Å²) in [7, 11) is 1.74. The highest BCUT2D eigenvalue weighted by Crippen LogP contribution is 2.32. The van der Waals surface area contributed by atoms with Gasteiger partial charge in [-0.25, -0.2) is 13.6 Å². The van der Waals surface area contributed by atoms with Crippen molar-refractivity contribution in [2.24, 2.45) is 7.05 Å². The molecule has 2 aromatic heterocycles. The van der Waals surface area contributed by atoms with Crippen LogP contribution in [0.25, 0.3) is 22.0 Å². The summed E-state index contributed by atoms with van der Waals surface area (Å²) in [5, 5.41) is 9.01. The molecular weight excluding hydrogens is 433 g/mol. The van der Waals surface area contributed by atoms with Gasteiger partial charge in [-0.3, -0.25) is 9.67 Å². The standard InChI is InChI=1S/C21H14F5N5O/c1-31-19-10-27-8-13(14(19)9-28-31)11-2-5-17(16(23)6-11)29-20(32)30-18-7-12(21(24,25)26)3-4-15(18)22/h2-10H,1H3,(H2,29,30,32). The summed E-state index contributed by atoms with van der Waals surface area (Å²) in [6, 6.07) is 4.47. The smallest absolute Gasteiger partial charge is 0.305 e. The molecule has 11 heteroatoms. The van der Waals surface area contributed by atoms with Gasteiger partial charge in [-0.15, -0.1) is 0 Å². The molecule has 164 valence electrons. The zero-order valence-corrected chi connectivity index (χ0v) is 16.3. The van der Waals surface area contributed by atoms with Gasteiger partial charge in [-0.2, -0.15) is 18.3 Å². The van der Waals surface area contributed by atoms with E-state index in [9.17, 15) is 26.7 Å². The molecule has 0 saturated carbocycles. The lowest BCUT2D eigenvalue weighted by molar-refractivity contribution is -0.137. The Morgan fingerprint density at radius 2 is 1.69 bits per heavy atom. The van der Waals surface area contributed by atoms with E-state index in [4.69, 9.17) is 0 Å². The molecule has 4 rings (SSSR count). The molecule has 2 N–H and O–H groups in total. The Hall–Kier alpha value is -4.02. The van der Waals surface area contributed by atoms with Crippen molar-refractivity contribution < 1.29 is 26.7 Å². The van der Waals surface area contributed by atoms with Gasteiger partial charge in [-0.05, 0) is 35.9 Å². The van der Waals surface area contributed by atoms with Crippen molar-refractivity contribution in [1.29, 1.82) is 0 Å². The summed E-state index contributed by atoms with van der Waals surface area (Å²) in [6.07, 6.45) is 0.0758. The lowest BCUT2D eigenvalue weighted by Crippen LogP contribution is -2.21. The molecule has 0 aliphatic rings. The second kappa shape index (κ2) is 7.91. The third-order valence-corrected chi connectivity index (χ3v) is 4.75. The second-order valence-electron chi connectivity index (χ2n) is 6.85. The Bertz CT molecular complexity index is 1330. The number of urea groups is 1. The van der Waals surface area contributed by atoms with Crippen LogP contribution < -0.4 is 10.6 Å². The number of anilines is 2. The third kappa shape index (κ3) is 4.09. The highest BCUT2D eigenvalue weighted by molar-refractivity contribution is 6.00. The number of amides is 2. The number of nitrogens with one attached hydrogen (secondary N) is 2. The number of carbonyl (C=O) groups excluding carboxylic acids is 1. The summed E-state index contributed by atoms with van der Waals surface area (Å²) in [5.41, 5.74) is -0.232. The van der Waals surface area contributed by atoms with Crippen molar-refractivity contribution in [1.82, 2.24) is 14.8 Å². The van der Waals surface area contributed by atoms with E-state index in [0.29, 0.717) is 29.3 Å². The van der Waals surface area contributed by atoms with Gasteiger partial charge < -0.3 is 10.6 Å². The number of carbonyl (C=O) groups is 1. The number of alkyl halides is 3. The molecule has 6 nitrogen and oxygen atoms in total. The zero-order chi connectivity index (χ0) is 23.0. The molecule has 0 fully saturated rings. The second-order valence-corrected chi connectivity index (χ2v) is 6.85. The lowest BCUT2D eigenvalue weighted by atomic mass is 10.0. The quantitative estimate of drug-likeness (QED) is 0.403. The summed E-state index contributed by atoms with van der Waals surface area (Å²) in [4.78, 5) is 16.2. The van der Waals surface area contributed by atoms with E-state index in [-0.39, 0.29) is 5.69 Å². The van der Waals surface area contributed by atoms with Crippen LogP contribution in [0.1, 0.15) is 5.56 Å². The van der Waals surface area contributed by atoms with Crippen LogP contribution in [0.5, 0.6) is 0 Å². The van der Waals surface area contributed by atoms with Crippen LogP contribution >= 0.6 is 0 Å². The molecule has 2 heterocycles. The topological polar surface area (TPSA) is 71.8 Å². The van der Waals surface area contributed by atoms with Crippen LogP contribution in [-0.4, -0.2) is 20.8 Å². The number of hydrogen-bond acceptors (Lipinski definition) is 3. The highest BCUT2D eigenvalue weighted by Gasteiger charge is 2.31. The first-order valence-electron chi connectivity index (χ1n) is 9.14. The molecule has 0 unspecified atom stereocenters. The Morgan fingerprint density at radius 1 is 0.938 bits per heavy atom. The van der Waals surface area contributed by atoms with Crippen molar-refractivity contribution in [3.8, 4) is 11.1 Å². The largest absolute Gasteiger partial charge is 0.416 e. The van der Waals surface area contributed by atoms with Crippen molar-refractivity contribution in [3.05, 3.63) is 72.2 Å². The van der Waals surface area contributed by atoms with Gasteiger partial charge in [0.1, 0.15) is 11.6 Å². The highest BCUT2D eigenvalue weighted by atomic mass is 19.4. The van der Waals surface area contributed by atoms with Gasteiger partial charge in [-0.1, -0.05) is 6.07 Å². The molecule has 2 amide bonds. The maximum atomic E-state index is 14.6. The van der Waals surface area contributed by atoms with Crippen molar-refractivity contribution in [2.45, 2.75) is 6.18 Å². The van der Waals surface area contributed by atoms with Gasteiger partial charge in [0.25, 0.3) is 0 Å². The summed E-state index contributed by atoms with van der Waals surface area (Å²) >= 11 is 0. The monoisotopic (exact) mass is 447 g/mol. The van der Waals surface area contributed by atoms with Gasteiger partial charge >= 0.3 is 12.2 Å². The first-order valence-corrected chi connectivity index (χ1v) is 9.14. The van der Waals surface area contributed by atoms with Crippen molar-refractivity contribution in [3.63, 3.8) is 0 Å². The molecule has 0 atom stereocenters. The number of aromatic nitrogens is 3. The number of pyridine rings is 1. The average Bonchev–Trinajstić information content (AvgIpc) is 3.11. The molecule has 4 aromatic rings. The molecule has 2 aromatic carbocycles. The predicted molar refractivity (Wildman–Crippen MR) is 108 cm³/mol. The molecule has 0 saturated heterocycles. The third-order valence-electron chi connectivity index (χ3n) is 4.75. The van der Waals surface area contributed by atoms with Crippen LogP contribution in [0, 0.1) is 11.6 Å². The average molecular weight is 447 g/mol. The summed E-state index contributed by atoms with van der Waals surface area (Å²) < 4.78 is 68.5. The zero-order valence-electron chi connectivity index (χ0n) is 16.3. The Morgan fingerprint density at radius 3 is 2.41 bits per heavy atom. The number of rotatable bonds is 3. The normalized spacial score (nSPS) is 11.6. The van der Waals surface area contributed by atoms with E-state index >= 15 is 0 Å². The van der Waals surface area contributed by atoms with Gasteiger partial charge in [0.2, 0.25) is 0 Å². The molecule has 0 spiro atoms. The number of hydrogen-bond donors (Lipinski definition) is 2. The number of aryl methyl sites for hydroxylation is 1. The van der Waals surface area contributed by atoms with E-state index in [0.717, 1.165) is 10.9 Å². The summed E-state index contributed by atoms with van der Waals surface area (Å²) in [6.45, 7) is 0. The molecule has 0 radical (unpaired) electrons. The lowest BCUT2D eigenvalue weighted by Gasteiger charge is -2.12. The van der Waals surface area contributed by atoms with Crippen LogP contribution in [0.4, 0.5) is 38.1 Å². The van der Waals surface area contributed by atoms with Crippen molar-refractivity contribution >= 4 is 28.3 Å². The fourth-order valence-corrected chi connectivity index (χ4v) is 3.15. The Kier molecular flexibility index (Phi) is 5.25. The molecule has 0 aliphatic heterocycles. The van der Waals surface area contributed by atoms with Crippen LogP contribution in [-0.2, 0) is 13.2 Å². The van der Waals surface area contributed by atoms with E-state index in [1.807, 2.05) is 5.32 Å². The Labute approximate surface area is 177 Å². The molecule has 32 heavy (non-hydrogen) atoms. The predicted octanol–water partition coefficient (Wildman–Crippen LogP) is 5.58. The molecule has 0 aliphatic carbocycles.